The van der Waals surface area contributed by atoms with Gasteiger partial charge in [0.05, 0.1) is 19.3 Å². The van der Waals surface area contributed by atoms with Gasteiger partial charge in [-0.3, -0.25) is 0 Å². The van der Waals surface area contributed by atoms with E-state index in [9.17, 15) is 9.90 Å². The summed E-state index contributed by atoms with van der Waals surface area (Å²) in [6.07, 6.45) is 1.27. The number of carbonyl (C=O) groups excluding carboxylic acids is 1. The van der Waals surface area contributed by atoms with E-state index in [1.807, 2.05) is 30.3 Å². The van der Waals surface area contributed by atoms with E-state index in [1.54, 1.807) is 0 Å². The van der Waals surface area contributed by atoms with Gasteiger partial charge >= 0.3 is 0 Å². The van der Waals surface area contributed by atoms with E-state index in [4.69, 9.17) is 9.47 Å². The van der Waals surface area contributed by atoms with Crippen LogP contribution in [0.2, 0.25) is 0 Å². The van der Waals surface area contributed by atoms with Crippen molar-refractivity contribution in [2.24, 2.45) is 0 Å². The number of nitrogens with zero attached hydrogens (tertiary/aromatic N) is 1. The van der Waals surface area contributed by atoms with Crippen LogP contribution in [-0.4, -0.2) is 36.8 Å². The molecule has 1 fully saturated rings. The molecule has 5 rings (SSSR count). The smallest absolute Gasteiger partial charge is 0.137 e. The summed E-state index contributed by atoms with van der Waals surface area (Å²) in [6, 6.07) is 33.5. The number of likely N-dealkylation sites (tertiary alicyclic amines) is 1. The summed E-state index contributed by atoms with van der Waals surface area (Å²) < 4.78 is 12.2. The van der Waals surface area contributed by atoms with Crippen LogP contribution in [0.5, 0.6) is 0 Å². The van der Waals surface area contributed by atoms with Gasteiger partial charge in [0.2, 0.25) is 0 Å². The largest absolute Gasteiger partial charge is 0.530 e. The molecule has 2 atom stereocenters. The predicted octanol–water partition coefficient (Wildman–Crippen LogP) is 5.71. The van der Waals surface area contributed by atoms with Crippen molar-refractivity contribution in [2.75, 3.05) is 19.7 Å². The highest BCUT2D eigenvalue weighted by Crippen LogP contribution is 2.31. The maximum atomic E-state index is 11.6. The number of benzene rings is 4. The average Bonchev–Trinajstić information content (AvgIpc) is 2.96. The summed E-state index contributed by atoms with van der Waals surface area (Å²) in [5, 5.41) is 13.9. The number of rotatable bonds is 10. The molecule has 5 nitrogen and oxygen atoms in total. The van der Waals surface area contributed by atoms with E-state index in [-0.39, 0.29) is 12.0 Å². The molecule has 0 radical (unpaired) electrons. The Labute approximate surface area is 224 Å². The van der Waals surface area contributed by atoms with Gasteiger partial charge in [-0.15, -0.1) is 0 Å². The zero-order chi connectivity index (χ0) is 26.2. The predicted molar refractivity (Wildman–Crippen MR) is 148 cm³/mol. The van der Waals surface area contributed by atoms with Gasteiger partial charge in [-0.1, -0.05) is 91.0 Å². The second kappa shape index (κ2) is 12.7. The number of ether oxygens (including phenoxy) is 2. The zero-order valence-electron chi connectivity index (χ0n) is 21.6. The van der Waals surface area contributed by atoms with E-state index >= 15 is 0 Å². The maximum absolute atomic E-state index is 11.6. The Kier molecular flexibility index (Phi) is 8.69. The SMILES string of the molecule is O=C([O-])N1CCC(c2ccc(CCCOCc3ccccc3)cc2)C(OCc2ccc3ccccc3c2)C1. The molecule has 196 valence electrons. The van der Waals surface area contributed by atoms with E-state index in [0.717, 1.165) is 25.0 Å². The number of hydrogen-bond acceptors (Lipinski definition) is 4. The third-order valence-corrected chi connectivity index (χ3v) is 7.37. The summed E-state index contributed by atoms with van der Waals surface area (Å²) in [5.74, 6) is 0.134. The Morgan fingerprint density at radius 1 is 0.816 bits per heavy atom. The number of amides is 1. The fourth-order valence-electron chi connectivity index (χ4n) is 5.24. The van der Waals surface area contributed by atoms with E-state index in [1.165, 1.54) is 32.4 Å². The van der Waals surface area contributed by atoms with E-state index in [2.05, 4.69) is 66.7 Å². The number of hydrogen-bond donors (Lipinski definition) is 0. The molecule has 5 heteroatoms. The zero-order valence-corrected chi connectivity index (χ0v) is 21.6. The summed E-state index contributed by atoms with van der Waals surface area (Å²) >= 11 is 0. The molecule has 0 N–H and O–H groups in total. The molecule has 0 aliphatic carbocycles. The second-order valence-corrected chi connectivity index (χ2v) is 10.0. The Balaban J connectivity index is 1.17. The van der Waals surface area contributed by atoms with Gasteiger partial charge in [0.15, 0.2) is 0 Å². The van der Waals surface area contributed by atoms with Crippen molar-refractivity contribution in [3.05, 3.63) is 119 Å². The molecule has 1 aliphatic heterocycles. The minimum absolute atomic E-state index is 0.134. The molecule has 2 unspecified atom stereocenters. The van der Waals surface area contributed by atoms with Crippen LogP contribution < -0.4 is 5.11 Å². The van der Waals surface area contributed by atoms with Gasteiger partial charge in [0.25, 0.3) is 0 Å². The van der Waals surface area contributed by atoms with Gasteiger partial charge < -0.3 is 24.3 Å². The van der Waals surface area contributed by atoms with Crippen molar-refractivity contribution in [3.63, 3.8) is 0 Å². The maximum Gasteiger partial charge on any atom is 0.137 e. The third-order valence-electron chi connectivity index (χ3n) is 7.37. The van der Waals surface area contributed by atoms with Crippen molar-refractivity contribution >= 4 is 16.9 Å². The van der Waals surface area contributed by atoms with Gasteiger partial charge in [0.1, 0.15) is 6.09 Å². The first-order valence-electron chi connectivity index (χ1n) is 13.4. The lowest BCUT2D eigenvalue weighted by Crippen LogP contribution is -2.51. The van der Waals surface area contributed by atoms with Gasteiger partial charge in [-0.05, 0) is 58.4 Å². The Morgan fingerprint density at radius 2 is 1.55 bits per heavy atom. The molecule has 0 aromatic heterocycles. The Hall–Kier alpha value is -3.67. The Morgan fingerprint density at radius 3 is 2.34 bits per heavy atom. The minimum Gasteiger partial charge on any atom is -0.530 e. The number of carboxylic acid groups (broad SMARTS) is 1. The van der Waals surface area contributed by atoms with Crippen molar-refractivity contribution in [1.82, 2.24) is 4.90 Å². The Bertz CT molecular complexity index is 1320. The minimum atomic E-state index is -1.13. The molecule has 1 saturated heterocycles. The number of carbonyl (C=O) groups is 1. The van der Waals surface area contributed by atoms with Crippen molar-refractivity contribution in [2.45, 2.75) is 44.5 Å². The molecule has 1 amide bonds. The van der Waals surface area contributed by atoms with Gasteiger partial charge in [0, 0.05) is 25.6 Å². The molecule has 38 heavy (non-hydrogen) atoms. The lowest BCUT2D eigenvalue weighted by molar-refractivity contribution is -0.268. The number of fused-ring (bicyclic) bond motifs is 1. The fourth-order valence-corrected chi connectivity index (χ4v) is 5.24. The first kappa shape index (κ1) is 26.0. The lowest BCUT2D eigenvalue weighted by Gasteiger charge is -2.40. The van der Waals surface area contributed by atoms with Crippen LogP contribution in [0.25, 0.3) is 10.8 Å². The van der Waals surface area contributed by atoms with Crippen LogP contribution in [0, 0.1) is 0 Å². The molecular formula is C33H34NO4-. The first-order valence-corrected chi connectivity index (χ1v) is 13.4. The summed E-state index contributed by atoms with van der Waals surface area (Å²) in [5.41, 5.74) is 4.74. The monoisotopic (exact) mass is 508 g/mol. The van der Waals surface area contributed by atoms with Crippen molar-refractivity contribution in [1.29, 1.82) is 0 Å². The lowest BCUT2D eigenvalue weighted by atomic mass is 9.86. The molecule has 1 aliphatic rings. The average molecular weight is 509 g/mol. The topological polar surface area (TPSA) is 61.8 Å². The molecule has 1 heterocycles. The van der Waals surface area contributed by atoms with Gasteiger partial charge in [-0.25, -0.2) is 0 Å². The summed E-state index contributed by atoms with van der Waals surface area (Å²) in [4.78, 5) is 13.0. The summed E-state index contributed by atoms with van der Waals surface area (Å²) in [6.45, 7) is 2.59. The van der Waals surface area contributed by atoms with Crippen LogP contribution in [0.4, 0.5) is 4.79 Å². The van der Waals surface area contributed by atoms with Crippen LogP contribution in [0.3, 0.4) is 0 Å². The molecule has 4 aromatic carbocycles. The van der Waals surface area contributed by atoms with E-state index < -0.39 is 6.09 Å². The fraction of sp³-hybridized carbons (Fsp3) is 0.303. The van der Waals surface area contributed by atoms with Crippen LogP contribution in [-0.2, 0) is 29.1 Å². The van der Waals surface area contributed by atoms with E-state index in [0.29, 0.717) is 32.7 Å². The quantitative estimate of drug-likeness (QED) is 0.258. The standard InChI is InChI=1S/C33H35NO4/c35-33(36)34-19-18-31(32(22-34)38-24-27-14-15-28-10-4-5-11-30(28)21-27)29-16-12-25(13-17-29)9-6-20-37-23-26-7-2-1-3-8-26/h1-5,7-8,10-17,21,31-32H,6,9,18-20,22-24H2,(H,35,36)/p-1. The number of piperidine rings is 1. The first-order chi connectivity index (χ1) is 18.7. The highest BCUT2D eigenvalue weighted by atomic mass is 16.5. The molecule has 0 spiro atoms. The second-order valence-electron chi connectivity index (χ2n) is 10.0. The molecular weight excluding hydrogens is 474 g/mol. The molecule has 0 saturated carbocycles. The van der Waals surface area contributed by atoms with Crippen molar-refractivity contribution < 1.29 is 19.4 Å². The van der Waals surface area contributed by atoms with Crippen LogP contribution in [0.15, 0.2) is 97.1 Å². The van der Waals surface area contributed by atoms with Gasteiger partial charge in [-0.2, -0.15) is 0 Å². The van der Waals surface area contributed by atoms with Crippen molar-refractivity contribution in [3.8, 4) is 0 Å². The molecule has 4 aromatic rings. The van der Waals surface area contributed by atoms with Crippen LogP contribution in [0.1, 0.15) is 41.0 Å². The summed E-state index contributed by atoms with van der Waals surface area (Å²) in [7, 11) is 0. The third kappa shape index (κ3) is 6.80. The van der Waals surface area contributed by atoms with Crippen LogP contribution >= 0.6 is 0 Å². The number of aryl methyl sites for hydroxylation is 1. The molecule has 0 bridgehead atoms. The normalized spacial score (nSPS) is 17.5. The highest BCUT2D eigenvalue weighted by molar-refractivity contribution is 5.82. The highest BCUT2D eigenvalue weighted by Gasteiger charge is 2.31.